The standard InChI is InChI=1S/C11H15NO2S/c1-8(13)7-12-11(14)6-5-10-4-3-9(2)15-10/h3-6,8,13H,7H2,1-2H3,(H,12,14)/b6-5+/t8-/m1/s1. The van der Waals surface area contributed by atoms with Crippen LogP contribution in [0.25, 0.3) is 6.08 Å². The second-order valence-corrected chi connectivity index (χ2v) is 4.70. The number of carbonyl (C=O) groups excluding carboxylic acids is 1. The van der Waals surface area contributed by atoms with Crippen molar-refractivity contribution in [2.75, 3.05) is 6.54 Å². The summed E-state index contributed by atoms with van der Waals surface area (Å²) in [5.74, 6) is -0.179. The van der Waals surface area contributed by atoms with E-state index in [2.05, 4.69) is 5.32 Å². The molecule has 0 saturated carbocycles. The highest BCUT2D eigenvalue weighted by atomic mass is 32.1. The predicted molar refractivity (Wildman–Crippen MR) is 62.8 cm³/mol. The van der Waals surface area contributed by atoms with E-state index in [1.54, 1.807) is 24.3 Å². The molecule has 1 atom stereocenters. The van der Waals surface area contributed by atoms with Crippen molar-refractivity contribution in [1.29, 1.82) is 0 Å². The summed E-state index contributed by atoms with van der Waals surface area (Å²) in [5.41, 5.74) is 0. The van der Waals surface area contributed by atoms with Crippen LogP contribution in [0.15, 0.2) is 18.2 Å². The van der Waals surface area contributed by atoms with Crippen molar-refractivity contribution in [3.8, 4) is 0 Å². The minimum Gasteiger partial charge on any atom is -0.392 e. The van der Waals surface area contributed by atoms with E-state index in [-0.39, 0.29) is 12.5 Å². The molecule has 0 saturated heterocycles. The van der Waals surface area contributed by atoms with Gasteiger partial charge in [-0.1, -0.05) is 0 Å². The smallest absolute Gasteiger partial charge is 0.244 e. The molecule has 1 rings (SSSR count). The molecule has 82 valence electrons. The summed E-state index contributed by atoms with van der Waals surface area (Å²) in [4.78, 5) is 13.5. The maximum atomic E-state index is 11.2. The van der Waals surface area contributed by atoms with Crippen molar-refractivity contribution in [2.45, 2.75) is 20.0 Å². The Morgan fingerprint density at radius 3 is 2.93 bits per heavy atom. The molecule has 0 aliphatic carbocycles. The summed E-state index contributed by atoms with van der Waals surface area (Å²) >= 11 is 1.64. The Morgan fingerprint density at radius 1 is 1.67 bits per heavy atom. The first-order chi connectivity index (χ1) is 7.08. The molecule has 0 unspecified atom stereocenters. The highest BCUT2D eigenvalue weighted by Gasteiger charge is 1.98. The molecule has 0 aromatic carbocycles. The van der Waals surface area contributed by atoms with Gasteiger partial charge in [0.25, 0.3) is 0 Å². The van der Waals surface area contributed by atoms with E-state index >= 15 is 0 Å². The highest BCUT2D eigenvalue weighted by molar-refractivity contribution is 7.12. The topological polar surface area (TPSA) is 49.3 Å². The van der Waals surface area contributed by atoms with Gasteiger partial charge < -0.3 is 10.4 Å². The van der Waals surface area contributed by atoms with Gasteiger partial charge in [0, 0.05) is 22.4 Å². The van der Waals surface area contributed by atoms with Gasteiger partial charge in [-0.05, 0) is 32.1 Å². The molecular formula is C11H15NO2S. The van der Waals surface area contributed by atoms with E-state index in [1.807, 2.05) is 19.1 Å². The molecule has 1 aromatic heterocycles. The molecule has 1 heterocycles. The molecule has 4 heteroatoms. The van der Waals surface area contributed by atoms with E-state index < -0.39 is 6.10 Å². The van der Waals surface area contributed by atoms with Gasteiger partial charge in [0.15, 0.2) is 0 Å². The monoisotopic (exact) mass is 225 g/mol. The maximum absolute atomic E-state index is 11.2. The maximum Gasteiger partial charge on any atom is 0.244 e. The van der Waals surface area contributed by atoms with Gasteiger partial charge in [0.1, 0.15) is 0 Å². The number of aliphatic hydroxyl groups excluding tert-OH is 1. The third-order valence-corrected chi connectivity index (χ3v) is 2.70. The molecular weight excluding hydrogens is 210 g/mol. The predicted octanol–water partition coefficient (Wildman–Crippen LogP) is 1.57. The molecule has 15 heavy (non-hydrogen) atoms. The summed E-state index contributed by atoms with van der Waals surface area (Å²) in [6, 6.07) is 3.98. The van der Waals surface area contributed by atoms with Gasteiger partial charge in [-0.15, -0.1) is 11.3 Å². The van der Waals surface area contributed by atoms with E-state index in [1.165, 1.54) is 11.0 Å². The zero-order chi connectivity index (χ0) is 11.3. The van der Waals surface area contributed by atoms with E-state index in [0.29, 0.717) is 0 Å². The average molecular weight is 225 g/mol. The lowest BCUT2D eigenvalue weighted by Crippen LogP contribution is -2.28. The molecule has 0 fully saturated rings. The van der Waals surface area contributed by atoms with Crippen molar-refractivity contribution in [3.63, 3.8) is 0 Å². The highest BCUT2D eigenvalue weighted by Crippen LogP contribution is 2.16. The lowest BCUT2D eigenvalue weighted by molar-refractivity contribution is -0.116. The number of rotatable bonds is 4. The molecule has 2 N–H and O–H groups in total. The molecule has 3 nitrogen and oxygen atoms in total. The summed E-state index contributed by atoms with van der Waals surface area (Å²) < 4.78 is 0. The average Bonchev–Trinajstić information content (AvgIpc) is 2.58. The van der Waals surface area contributed by atoms with Crippen molar-refractivity contribution in [2.24, 2.45) is 0 Å². The third kappa shape index (κ3) is 4.76. The Balaban J connectivity index is 2.40. The minimum absolute atomic E-state index is 0.179. The second-order valence-electron chi connectivity index (χ2n) is 3.38. The first-order valence-corrected chi connectivity index (χ1v) is 5.60. The fourth-order valence-corrected chi connectivity index (χ4v) is 1.79. The Morgan fingerprint density at radius 2 is 2.40 bits per heavy atom. The van der Waals surface area contributed by atoms with Crippen molar-refractivity contribution < 1.29 is 9.90 Å². The van der Waals surface area contributed by atoms with Crippen LogP contribution < -0.4 is 5.32 Å². The quantitative estimate of drug-likeness (QED) is 0.764. The van der Waals surface area contributed by atoms with Gasteiger partial charge in [-0.25, -0.2) is 0 Å². The molecule has 0 aliphatic heterocycles. The Hall–Kier alpha value is -1.13. The number of aliphatic hydroxyl groups is 1. The lowest BCUT2D eigenvalue weighted by atomic mass is 10.3. The normalized spacial score (nSPS) is 13.0. The summed E-state index contributed by atoms with van der Waals surface area (Å²) in [6.45, 7) is 3.94. The van der Waals surface area contributed by atoms with E-state index in [9.17, 15) is 4.79 Å². The van der Waals surface area contributed by atoms with Crippen LogP contribution in [-0.2, 0) is 4.79 Å². The van der Waals surface area contributed by atoms with E-state index in [0.717, 1.165) is 4.88 Å². The molecule has 0 spiro atoms. The van der Waals surface area contributed by atoms with Crippen LogP contribution in [0.3, 0.4) is 0 Å². The molecule has 0 aliphatic rings. The van der Waals surface area contributed by atoms with Crippen molar-refractivity contribution >= 4 is 23.3 Å². The van der Waals surface area contributed by atoms with Crippen molar-refractivity contribution in [1.82, 2.24) is 5.32 Å². The molecule has 0 radical (unpaired) electrons. The SMILES string of the molecule is Cc1ccc(/C=C/C(=O)NC[C@@H](C)O)s1. The third-order valence-electron chi connectivity index (χ3n) is 1.73. The first-order valence-electron chi connectivity index (χ1n) is 4.78. The molecule has 1 amide bonds. The number of aryl methyl sites for hydroxylation is 1. The van der Waals surface area contributed by atoms with Crippen LogP contribution in [0.2, 0.25) is 0 Å². The first kappa shape index (κ1) is 11.9. The van der Waals surface area contributed by atoms with Gasteiger partial charge in [-0.3, -0.25) is 4.79 Å². The zero-order valence-electron chi connectivity index (χ0n) is 8.86. The Bertz CT molecular complexity index is 355. The fraction of sp³-hybridized carbons (Fsp3) is 0.364. The fourth-order valence-electron chi connectivity index (χ4n) is 1.01. The minimum atomic E-state index is -0.508. The van der Waals surface area contributed by atoms with Crippen LogP contribution in [0, 0.1) is 6.92 Å². The number of amides is 1. The number of carbonyl (C=O) groups is 1. The largest absolute Gasteiger partial charge is 0.392 e. The molecule has 0 bridgehead atoms. The van der Waals surface area contributed by atoms with Crippen LogP contribution in [-0.4, -0.2) is 23.7 Å². The van der Waals surface area contributed by atoms with E-state index in [4.69, 9.17) is 5.11 Å². The number of nitrogens with one attached hydrogen (secondary N) is 1. The zero-order valence-corrected chi connectivity index (χ0v) is 9.67. The van der Waals surface area contributed by atoms with Gasteiger partial charge >= 0.3 is 0 Å². The van der Waals surface area contributed by atoms with Crippen LogP contribution in [0.5, 0.6) is 0 Å². The van der Waals surface area contributed by atoms with Crippen LogP contribution in [0.4, 0.5) is 0 Å². The van der Waals surface area contributed by atoms with Gasteiger partial charge in [0.05, 0.1) is 6.10 Å². The van der Waals surface area contributed by atoms with Gasteiger partial charge in [-0.2, -0.15) is 0 Å². The summed E-state index contributed by atoms with van der Waals surface area (Å²) in [5, 5.41) is 11.5. The number of hydrogen-bond acceptors (Lipinski definition) is 3. The lowest BCUT2D eigenvalue weighted by Gasteiger charge is -2.03. The number of hydrogen-bond donors (Lipinski definition) is 2. The Labute approximate surface area is 93.4 Å². The summed E-state index contributed by atoms with van der Waals surface area (Å²) in [7, 11) is 0. The van der Waals surface area contributed by atoms with Crippen LogP contribution in [0.1, 0.15) is 16.7 Å². The number of thiophene rings is 1. The van der Waals surface area contributed by atoms with Gasteiger partial charge in [0.2, 0.25) is 5.91 Å². The van der Waals surface area contributed by atoms with Crippen LogP contribution >= 0.6 is 11.3 Å². The second kappa shape index (κ2) is 5.68. The Kier molecular flexibility index (Phi) is 4.52. The van der Waals surface area contributed by atoms with Crippen molar-refractivity contribution in [3.05, 3.63) is 28.0 Å². The molecule has 1 aromatic rings. The summed E-state index contributed by atoms with van der Waals surface area (Å²) in [6.07, 6.45) is 2.74.